The van der Waals surface area contributed by atoms with Crippen molar-refractivity contribution in [2.24, 2.45) is 5.92 Å². The molecule has 1 atom stereocenters. The van der Waals surface area contributed by atoms with Gasteiger partial charge in [-0.2, -0.15) is 4.31 Å². The highest BCUT2D eigenvalue weighted by Crippen LogP contribution is 2.33. The summed E-state index contributed by atoms with van der Waals surface area (Å²) in [4.78, 5) is 0.459. The van der Waals surface area contributed by atoms with Crippen molar-refractivity contribution in [3.8, 4) is 0 Å². The fourth-order valence-corrected chi connectivity index (χ4v) is 5.46. The fraction of sp³-hybridized carbons (Fsp3) is 0.667. The van der Waals surface area contributed by atoms with Crippen LogP contribution in [0.1, 0.15) is 63.4 Å². The lowest BCUT2D eigenvalue weighted by molar-refractivity contribution is 0.281. The second kappa shape index (κ2) is 6.71. The van der Waals surface area contributed by atoms with E-state index in [0.717, 1.165) is 12.8 Å². The molecule has 1 aliphatic carbocycles. The van der Waals surface area contributed by atoms with Crippen molar-refractivity contribution in [3.63, 3.8) is 0 Å². The van der Waals surface area contributed by atoms with Crippen LogP contribution in [0.3, 0.4) is 0 Å². The Kier molecular flexibility index (Phi) is 4.88. The molecule has 2 fully saturated rings. The van der Waals surface area contributed by atoms with Crippen LogP contribution in [0.25, 0.3) is 0 Å². The average molecular weight is 321 g/mol. The average Bonchev–Trinajstić information content (AvgIpc) is 2.56. The van der Waals surface area contributed by atoms with E-state index in [-0.39, 0.29) is 0 Å². The molecule has 3 nitrogen and oxygen atoms in total. The van der Waals surface area contributed by atoms with E-state index in [1.165, 1.54) is 37.7 Å². The molecule has 0 aromatic heterocycles. The summed E-state index contributed by atoms with van der Waals surface area (Å²) >= 11 is 0. The van der Waals surface area contributed by atoms with Crippen LogP contribution in [-0.4, -0.2) is 25.8 Å². The van der Waals surface area contributed by atoms with Gasteiger partial charge in [-0.15, -0.1) is 0 Å². The van der Waals surface area contributed by atoms with E-state index < -0.39 is 10.0 Å². The maximum Gasteiger partial charge on any atom is 0.243 e. The molecule has 0 spiro atoms. The molecule has 1 saturated carbocycles. The quantitative estimate of drug-likeness (QED) is 0.838. The molecule has 1 saturated heterocycles. The molecular formula is C18H27NO2S. The highest BCUT2D eigenvalue weighted by molar-refractivity contribution is 7.89. The zero-order valence-electron chi connectivity index (χ0n) is 13.5. The molecule has 0 amide bonds. The van der Waals surface area contributed by atoms with Gasteiger partial charge in [0.1, 0.15) is 0 Å². The molecule has 0 N–H and O–H groups in total. The minimum absolute atomic E-state index is 0.459. The van der Waals surface area contributed by atoms with Gasteiger partial charge in [-0.1, -0.05) is 38.3 Å². The van der Waals surface area contributed by atoms with Gasteiger partial charge in [-0.05, 0) is 55.2 Å². The first-order chi connectivity index (χ1) is 10.6. The van der Waals surface area contributed by atoms with Gasteiger partial charge < -0.3 is 0 Å². The number of sulfonamides is 1. The van der Waals surface area contributed by atoms with E-state index in [0.29, 0.717) is 29.8 Å². The summed E-state index contributed by atoms with van der Waals surface area (Å²) in [6.07, 6.45) is 8.54. The van der Waals surface area contributed by atoms with Gasteiger partial charge in [0, 0.05) is 13.1 Å². The van der Waals surface area contributed by atoms with Crippen LogP contribution in [0.15, 0.2) is 29.2 Å². The largest absolute Gasteiger partial charge is 0.243 e. The van der Waals surface area contributed by atoms with E-state index >= 15 is 0 Å². The van der Waals surface area contributed by atoms with Crippen molar-refractivity contribution in [2.45, 2.75) is 62.7 Å². The smallest absolute Gasteiger partial charge is 0.207 e. The van der Waals surface area contributed by atoms with Crippen LogP contribution in [0.2, 0.25) is 0 Å². The Balaban J connectivity index is 1.76. The van der Waals surface area contributed by atoms with Crippen LogP contribution in [0.5, 0.6) is 0 Å². The summed E-state index contributed by atoms with van der Waals surface area (Å²) in [5.41, 5.74) is 1.31. The Morgan fingerprint density at radius 2 is 1.64 bits per heavy atom. The summed E-state index contributed by atoms with van der Waals surface area (Å²) < 4.78 is 27.2. The Hall–Kier alpha value is -0.870. The highest BCUT2D eigenvalue weighted by atomic mass is 32.2. The van der Waals surface area contributed by atoms with Crippen LogP contribution >= 0.6 is 0 Å². The van der Waals surface area contributed by atoms with Gasteiger partial charge in [-0.25, -0.2) is 8.42 Å². The van der Waals surface area contributed by atoms with Gasteiger partial charge in [0.2, 0.25) is 10.0 Å². The number of hydrogen-bond acceptors (Lipinski definition) is 2. The van der Waals surface area contributed by atoms with Crippen molar-refractivity contribution in [1.29, 1.82) is 0 Å². The fourth-order valence-electron chi connectivity index (χ4n) is 3.86. The zero-order chi connectivity index (χ0) is 15.6. The molecule has 1 aliphatic heterocycles. The lowest BCUT2D eigenvalue weighted by atomic mass is 9.84. The Morgan fingerprint density at radius 1 is 0.955 bits per heavy atom. The number of nitrogens with zero attached hydrogens (tertiary/aromatic N) is 1. The van der Waals surface area contributed by atoms with Gasteiger partial charge in [0.25, 0.3) is 0 Å². The maximum atomic E-state index is 12.7. The summed E-state index contributed by atoms with van der Waals surface area (Å²) in [6.45, 7) is 3.46. The highest BCUT2D eigenvalue weighted by Gasteiger charge is 2.28. The zero-order valence-corrected chi connectivity index (χ0v) is 14.3. The molecule has 0 unspecified atom stereocenters. The summed E-state index contributed by atoms with van der Waals surface area (Å²) in [6, 6.07) is 7.71. The number of hydrogen-bond donors (Lipinski definition) is 0. The van der Waals surface area contributed by atoms with Crippen LogP contribution in [0.4, 0.5) is 0 Å². The summed E-state index contributed by atoms with van der Waals surface area (Å²) in [5.74, 6) is 1.09. The minimum atomic E-state index is -3.31. The molecule has 122 valence electrons. The Bertz CT molecular complexity index is 588. The monoisotopic (exact) mass is 321 g/mol. The first-order valence-electron chi connectivity index (χ1n) is 8.67. The first-order valence-corrected chi connectivity index (χ1v) is 10.1. The minimum Gasteiger partial charge on any atom is -0.207 e. The van der Waals surface area contributed by atoms with Crippen molar-refractivity contribution in [2.75, 3.05) is 13.1 Å². The first kappa shape index (κ1) is 16.0. The van der Waals surface area contributed by atoms with Gasteiger partial charge in [0.05, 0.1) is 4.90 Å². The number of rotatable bonds is 3. The number of piperidine rings is 1. The molecule has 0 bridgehead atoms. The number of benzene rings is 1. The van der Waals surface area contributed by atoms with E-state index in [4.69, 9.17) is 0 Å². The standard InChI is InChI=1S/C18H27NO2S/c1-15-6-5-13-19(14-15)22(20,21)18-11-9-17(10-12-18)16-7-3-2-4-8-16/h9-12,15-16H,2-8,13-14H2,1H3/t15-/m0/s1. The predicted octanol–water partition coefficient (Wildman–Crippen LogP) is 4.15. The Labute approximate surface area is 134 Å². The van der Waals surface area contributed by atoms with Crippen molar-refractivity contribution in [3.05, 3.63) is 29.8 Å². The van der Waals surface area contributed by atoms with Crippen molar-refractivity contribution >= 4 is 10.0 Å². The molecule has 0 radical (unpaired) electrons. The van der Waals surface area contributed by atoms with E-state index in [1.54, 1.807) is 4.31 Å². The topological polar surface area (TPSA) is 37.4 Å². The second-order valence-electron chi connectivity index (χ2n) is 7.01. The molecule has 3 rings (SSSR count). The molecule has 1 aromatic rings. The second-order valence-corrected chi connectivity index (χ2v) is 8.95. The van der Waals surface area contributed by atoms with Gasteiger partial charge >= 0.3 is 0 Å². The third-order valence-electron chi connectivity index (χ3n) is 5.21. The van der Waals surface area contributed by atoms with Crippen molar-refractivity contribution in [1.82, 2.24) is 4.31 Å². The van der Waals surface area contributed by atoms with Crippen molar-refractivity contribution < 1.29 is 8.42 Å². The van der Waals surface area contributed by atoms with Gasteiger partial charge in [0.15, 0.2) is 0 Å². The van der Waals surface area contributed by atoms with E-state index in [1.807, 2.05) is 24.3 Å². The van der Waals surface area contributed by atoms with Crippen LogP contribution in [-0.2, 0) is 10.0 Å². The normalized spacial score (nSPS) is 25.2. The predicted molar refractivity (Wildman–Crippen MR) is 89.4 cm³/mol. The molecular weight excluding hydrogens is 294 g/mol. The lowest BCUT2D eigenvalue weighted by Crippen LogP contribution is -2.39. The maximum absolute atomic E-state index is 12.7. The van der Waals surface area contributed by atoms with E-state index in [9.17, 15) is 8.42 Å². The summed E-state index contributed by atoms with van der Waals surface area (Å²) in [5, 5.41) is 0. The third kappa shape index (κ3) is 3.38. The molecule has 2 aliphatic rings. The molecule has 4 heteroatoms. The van der Waals surface area contributed by atoms with E-state index in [2.05, 4.69) is 6.92 Å². The van der Waals surface area contributed by atoms with Crippen LogP contribution < -0.4 is 0 Å². The molecule has 1 heterocycles. The summed E-state index contributed by atoms with van der Waals surface area (Å²) in [7, 11) is -3.31. The SMILES string of the molecule is C[C@H]1CCCN(S(=O)(=O)c2ccc(C3CCCCC3)cc2)C1. The molecule has 22 heavy (non-hydrogen) atoms. The molecule has 1 aromatic carbocycles. The third-order valence-corrected chi connectivity index (χ3v) is 7.09. The van der Waals surface area contributed by atoms with Gasteiger partial charge in [-0.3, -0.25) is 0 Å². The Morgan fingerprint density at radius 3 is 2.27 bits per heavy atom. The van der Waals surface area contributed by atoms with Crippen LogP contribution in [0, 0.1) is 5.92 Å². The lowest BCUT2D eigenvalue weighted by Gasteiger charge is -2.30.